The summed E-state index contributed by atoms with van der Waals surface area (Å²) in [4.78, 5) is 0. The Morgan fingerprint density at radius 3 is 2.94 bits per heavy atom. The molecule has 0 aromatic heterocycles. The first-order valence-electron chi connectivity index (χ1n) is 6.48. The highest BCUT2D eigenvalue weighted by molar-refractivity contribution is 5.17. The average Bonchev–Trinajstić information content (AvgIpc) is 2.38. The highest BCUT2D eigenvalue weighted by Gasteiger charge is 2.12. The van der Waals surface area contributed by atoms with Gasteiger partial charge in [-0.3, -0.25) is 0 Å². The van der Waals surface area contributed by atoms with Crippen LogP contribution >= 0.6 is 0 Å². The van der Waals surface area contributed by atoms with E-state index in [2.05, 4.69) is 5.32 Å². The molecule has 2 rings (SSSR count). The van der Waals surface area contributed by atoms with E-state index in [1.54, 1.807) is 0 Å². The monoisotopic (exact) mass is 255 g/mol. The maximum Gasteiger partial charge on any atom is 0.131 e. The molecule has 0 saturated carbocycles. The molecule has 0 bridgehead atoms. The Kier molecular flexibility index (Phi) is 5.08. The normalized spacial score (nSPS) is 20.0. The van der Waals surface area contributed by atoms with Crippen LogP contribution in [0.15, 0.2) is 18.2 Å². The Morgan fingerprint density at radius 2 is 2.22 bits per heavy atom. The van der Waals surface area contributed by atoms with Gasteiger partial charge in [-0.05, 0) is 44.3 Å². The molecule has 1 saturated heterocycles. The summed E-state index contributed by atoms with van der Waals surface area (Å²) in [6.45, 7) is 3.00. The van der Waals surface area contributed by atoms with Gasteiger partial charge in [-0.25, -0.2) is 8.78 Å². The van der Waals surface area contributed by atoms with Crippen molar-refractivity contribution in [1.82, 2.24) is 5.32 Å². The standard InChI is InChI=1S/C14H19F2NO/c15-13-4-3-12(14(16)8-13)10-18-7-5-11-2-1-6-17-9-11/h3-4,8,11,17H,1-2,5-7,9-10H2/t11-/m1/s1. The van der Waals surface area contributed by atoms with Crippen molar-refractivity contribution in [3.8, 4) is 0 Å². The third kappa shape index (κ3) is 4.03. The van der Waals surface area contributed by atoms with Crippen LogP contribution in [-0.4, -0.2) is 19.7 Å². The molecule has 4 heteroatoms. The number of hydrogen-bond donors (Lipinski definition) is 1. The van der Waals surface area contributed by atoms with Crippen LogP contribution in [0, 0.1) is 17.6 Å². The molecule has 1 heterocycles. The van der Waals surface area contributed by atoms with E-state index in [4.69, 9.17) is 4.74 Å². The Labute approximate surface area is 106 Å². The lowest BCUT2D eigenvalue weighted by Crippen LogP contribution is -2.30. The van der Waals surface area contributed by atoms with E-state index in [1.165, 1.54) is 25.0 Å². The quantitative estimate of drug-likeness (QED) is 0.817. The smallest absolute Gasteiger partial charge is 0.131 e. The van der Waals surface area contributed by atoms with Crippen LogP contribution in [0.2, 0.25) is 0 Å². The van der Waals surface area contributed by atoms with Gasteiger partial charge in [-0.2, -0.15) is 0 Å². The van der Waals surface area contributed by atoms with Gasteiger partial charge in [-0.1, -0.05) is 6.07 Å². The zero-order valence-corrected chi connectivity index (χ0v) is 10.4. The first-order valence-corrected chi connectivity index (χ1v) is 6.48. The van der Waals surface area contributed by atoms with Gasteiger partial charge < -0.3 is 10.1 Å². The molecule has 0 amide bonds. The molecule has 0 spiro atoms. The van der Waals surface area contributed by atoms with E-state index < -0.39 is 11.6 Å². The molecule has 1 N–H and O–H groups in total. The minimum absolute atomic E-state index is 0.215. The summed E-state index contributed by atoms with van der Waals surface area (Å²) < 4.78 is 31.4. The van der Waals surface area contributed by atoms with Gasteiger partial charge >= 0.3 is 0 Å². The second-order valence-electron chi connectivity index (χ2n) is 4.79. The van der Waals surface area contributed by atoms with Crippen molar-refractivity contribution < 1.29 is 13.5 Å². The molecule has 0 aliphatic carbocycles. The van der Waals surface area contributed by atoms with Gasteiger partial charge in [0.05, 0.1) is 6.61 Å². The van der Waals surface area contributed by atoms with Crippen LogP contribution in [0.5, 0.6) is 0 Å². The van der Waals surface area contributed by atoms with Crippen LogP contribution in [0.4, 0.5) is 8.78 Å². The predicted molar refractivity (Wildman–Crippen MR) is 66.2 cm³/mol. The molecule has 18 heavy (non-hydrogen) atoms. The van der Waals surface area contributed by atoms with Crippen molar-refractivity contribution in [3.05, 3.63) is 35.4 Å². The summed E-state index contributed by atoms with van der Waals surface area (Å²) in [7, 11) is 0. The fourth-order valence-electron chi connectivity index (χ4n) is 2.24. The zero-order valence-electron chi connectivity index (χ0n) is 10.4. The molecule has 1 aliphatic rings. The maximum atomic E-state index is 13.3. The second-order valence-corrected chi connectivity index (χ2v) is 4.79. The average molecular weight is 255 g/mol. The topological polar surface area (TPSA) is 21.3 Å². The van der Waals surface area contributed by atoms with Crippen LogP contribution in [-0.2, 0) is 11.3 Å². The minimum Gasteiger partial charge on any atom is -0.377 e. The largest absolute Gasteiger partial charge is 0.377 e. The van der Waals surface area contributed by atoms with Gasteiger partial charge in [0, 0.05) is 18.2 Å². The van der Waals surface area contributed by atoms with Crippen LogP contribution < -0.4 is 5.32 Å². The van der Waals surface area contributed by atoms with Crippen molar-refractivity contribution in [3.63, 3.8) is 0 Å². The molecule has 1 atom stereocenters. The number of halogens is 2. The number of rotatable bonds is 5. The predicted octanol–water partition coefficient (Wildman–Crippen LogP) is 2.87. The lowest BCUT2D eigenvalue weighted by molar-refractivity contribution is 0.101. The lowest BCUT2D eigenvalue weighted by atomic mass is 9.97. The van der Waals surface area contributed by atoms with E-state index in [0.29, 0.717) is 18.1 Å². The molecular formula is C14H19F2NO. The highest BCUT2D eigenvalue weighted by atomic mass is 19.1. The van der Waals surface area contributed by atoms with Gasteiger partial charge in [0.25, 0.3) is 0 Å². The molecule has 1 aliphatic heterocycles. The fourth-order valence-corrected chi connectivity index (χ4v) is 2.24. The molecule has 1 aromatic carbocycles. The molecule has 0 unspecified atom stereocenters. The molecular weight excluding hydrogens is 236 g/mol. The van der Waals surface area contributed by atoms with Crippen LogP contribution in [0.3, 0.4) is 0 Å². The van der Waals surface area contributed by atoms with E-state index >= 15 is 0 Å². The minimum atomic E-state index is -0.551. The van der Waals surface area contributed by atoms with Crippen molar-refractivity contribution in [2.24, 2.45) is 5.92 Å². The summed E-state index contributed by atoms with van der Waals surface area (Å²) in [5.74, 6) is -0.421. The third-order valence-electron chi connectivity index (χ3n) is 3.34. The van der Waals surface area contributed by atoms with Gasteiger partial charge in [-0.15, -0.1) is 0 Å². The first kappa shape index (κ1) is 13.4. The Hall–Kier alpha value is -1.00. The summed E-state index contributed by atoms with van der Waals surface area (Å²) in [6, 6.07) is 3.59. The Balaban J connectivity index is 1.68. The van der Waals surface area contributed by atoms with Gasteiger partial charge in [0.1, 0.15) is 11.6 Å². The first-order chi connectivity index (χ1) is 8.75. The Bertz CT molecular complexity index is 378. The van der Waals surface area contributed by atoms with Crippen molar-refractivity contribution in [2.75, 3.05) is 19.7 Å². The number of ether oxygens (including phenoxy) is 1. The molecule has 1 aromatic rings. The number of piperidine rings is 1. The highest BCUT2D eigenvalue weighted by Crippen LogP contribution is 2.15. The summed E-state index contributed by atoms with van der Waals surface area (Å²) in [6.07, 6.45) is 3.45. The van der Waals surface area contributed by atoms with Crippen molar-refractivity contribution in [1.29, 1.82) is 0 Å². The molecule has 1 fully saturated rings. The van der Waals surface area contributed by atoms with Crippen LogP contribution in [0.25, 0.3) is 0 Å². The Morgan fingerprint density at radius 1 is 1.33 bits per heavy atom. The maximum absolute atomic E-state index is 13.3. The van der Waals surface area contributed by atoms with E-state index in [1.807, 2.05) is 0 Å². The van der Waals surface area contributed by atoms with Crippen LogP contribution in [0.1, 0.15) is 24.8 Å². The van der Waals surface area contributed by atoms with Crippen molar-refractivity contribution >= 4 is 0 Å². The van der Waals surface area contributed by atoms with E-state index in [0.717, 1.165) is 25.6 Å². The lowest BCUT2D eigenvalue weighted by Gasteiger charge is -2.22. The number of hydrogen-bond acceptors (Lipinski definition) is 2. The number of nitrogens with one attached hydrogen (secondary N) is 1. The summed E-state index contributed by atoms with van der Waals surface area (Å²) in [5.41, 5.74) is 0.415. The van der Waals surface area contributed by atoms with Crippen molar-refractivity contribution in [2.45, 2.75) is 25.9 Å². The van der Waals surface area contributed by atoms with Gasteiger partial charge in [0.2, 0.25) is 0 Å². The molecule has 100 valence electrons. The molecule has 0 radical (unpaired) electrons. The molecule has 2 nitrogen and oxygen atoms in total. The SMILES string of the molecule is Fc1ccc(COCC[C@H]2CCCNC2)c(F)c1. The number of benzene rings is 1. The fraction of sp³-hybridized carbons (Fsp3) is 0.571. The zero-order chi connectivity index (χ0) is 12.8. The van der Waals surface area contributed by atoms with Gasteiger partial charge in [0.15, 0.2) is 0 Å². The van der Waals surface area contributed by atoms with E-state index in [-0.39, 0.29) is 6.61 Å². The second kappa shape index (κ2) is 6.81. The summed E-state index contributed by atoms with van der Waals surface area (Å²) in [5, 5.41) is 3.35. The third-order valence-corrected chi connectivity index (χ3v) is 3.34. The van der Waals surface area contributed by atoms with E-state index in [9.17, 15) is 8.78 Å². The summed E-state index contributed by atoms with van der Waals surface area (Å²) >= 11 is 0.